The van der Waals surface area contributed by atoms with Crippen LogP contribution in [0.3, 0.4) is 0 Å². The number of alkyl halides is 2. The standard InChI is InChI=1S/C10H9F3O2/c1-2-15-9(14)10(12,13)7-5-3-4-6-8(7)11/h3-6H,2H2,1H3. The minimum absolute atomic E-state index is 0.178. The predicted molar refractivity (Wildman–Crippen MR) is 46.9 cm³/mol. The number of esters is 1. The molecule has 2 nitrogen and oxygen atoms in total. The Morgan fingerprint density at radius 3 is 2.53 bits per heavy atom. The third-order valence-corrected chi connectivity index (χ3v) is 1.74. The molecule has 0 aliphatic heterocycles. The van der Waals surface area contributed by atoms with Crippen molar-refractivity contribution in [1.29, 1.82) is 0 Å². The molecule has 0 heterocycles. The quantitative estimate of drug-likeness (QED) is 0.728. The van der Waals surface area contributed by atoms with E-state index in [2.05, 4.69) is 4.74 Å². The highest BCUT2D eigenvalue weighted by molar-refractivity contribution is 5.79. The van der Waals surface area contributed by atoms with Crippen molar-refractivity contribution in [3.63, 3.8) is 0 Å². The van der Waals surface area contributed by atoms with E-state index in [9.17, 15) is 18.0 Å². The zero-order valence-corrected chi connectivity index (χ0v) is 7.97. The van der Waals surface area contributed by atoms with Gasteiger partial charge in [0, 0.05) is 0 Å². The maximum atomic E-state index is 13.3. The van der Waals surface area contributed by atoms with E-state index in [-0.39, 0.29) is 6.61 Å². The normalized spacial score (nSPS) is 11.2. The van der Waals surface area contributed by atoms with Crippen molar-refractivity contribution in [3.8, 4) is 0 Å². The van der Waals surface area contributed by atoms with Crippen LogP contribution in [-0.4, -0.2) is 12.6 Å². The Kier molecular flexibility index (Phi) is 3.34. The molecule has 0 aromatic heterocycles. The first-order valence-electron chi connectivity index (χ1n) is 4.30. The lowest BCUT2D eigenvalue weighted by Gasteiger charge is -2.15. The van der Waals surface area contributed by atoms with Gasteiger partial charge in [0.2, 0.25) is 0 Å². The molecule has 0 bridgehead atoms. The molecule has 0 fully saturated rings. The van der Waals surface area contributed by atoms with Crippen molar-refractivity contribution in [2.24, 2.45) is 0 Å². The van der Waals surface area contributed by atoms with Gasteiger partial charge in [-0.25, -0.2) is 9.18 Å². The predicted octanol–water partition coefficient (Wildman–Crippen LogP) is 2.48. The first-order chi connectivity index (χ1) is 7.00. The number of hydrogen-bond acceptors (Lipinski definition) is 2. The molecular formula is C10H9F3O2. The molecule has 1 aromatic rings. The fourth-order valence-corrected chi connectivity index (χ4v) is 1.05. The van der Waals surface area contributed by atoms with Crippen molar-refractivity contribution in [1.82, 2.24) is 0 Å². The zero-order chi connectivity index (χ0) is 11.5. The lowest BCUT2D eigenvalue weighted by molar-refractivity contribution is -0.173. The van der Waals surface area contributed by atoms with Crippen LogP contribution in [-0.2, 0) is 15.5 Å². The highest BCUT2D eigenvalue weighted by Gasteiger charge is 2.44. The summed E-state index contributed by atoms with van der Waals surface area (Å²) < 4.78 is 43.7. The maximum absolute atomic E-state index is 13.3. The SMILES string of the molecule is CCOC(=O)C(F)(F)c1ccccc1F. The smallest absolute Gasteiger partial charge is 0.382 e. The summed E-state index contributed by atoms with van der Waals surface area (Å²) in [6, 6.07) is 4.21. The second-order valence-corrected chi connectivity index (χ2v) is 2.77. The van der Waals surface area contributed by atoms with Gasteiger partial charge < -0.3 is 4.74 Å². The summed E-state index contributed by atoms with van der Waals surface area (Å²) in [6.07, 6.45) is 0. The molecule has 0 amide bonds. The van der Waals surface area contributed by atoms with E-state index in [4.69, 9.17) is 0 Å². The van der Waals surface area contributed by atoms with Crippen molar-refractivity contribution in [2.75, 3.05) is 6.61 Å². The summed E-state index contributed by atoms with van der Waals surface area (Å²) in [4.78, 5) is 10.9. The molecule has 0 aliphatic rings. The highest BCUT2D eigenvalue weighted by atomic mass is 19.3. The fourth-order valence-electron chi connectivity index (χ4n) is 1.05. The van der Waals surface area contributed by atoms with E-state index in [0.717, 1.165) is 12.1 Å². The molecule has 1 aromatic carbocycles. The lowest BCUT2D eigenvalue weighted by Crippen LogP contribution is -2.29. The second kappa shape index (κ2) is 4.33. The molecule has 82 valence electrons. The minimum Gasteiger partial charge on any atom is -0.461 e. The van der Waals surface area contributed by atoms with Crippen LogP contribution in [0.4, 0.5) is 13.2 Å². The Morgan fingerprint density at radius 2 is 2.00 bits per heavy atom. The molecule has 0 N–H and O–H groups in total. The second-order valence-electron chi connectivity index (χ2n) is 2.77. The molecule has 0 aliphatic carbocycles. The fraction of sp³-hybridized carbons (Fsp3) is 0.300. The lowest BCUT2D eigenvalue weighted by atomic mass is 10.1. The van der Waals surface area contributed by atoms with Gasteiger partial charge in [0.05, 0.1) is 12.2 Å². The number of ether oxygens (including phenoxy) is 1. The number of carbonyl (C=O) groups excluding carboxylic acids is 1. The van der Waals surface area contributed by atoms with Crippen molar-refractivity contribution in [2.45, 2.75) is 12.8 Å². The monoisotopic (exact) mass is 218 g/mol. The number of benzene rings is 1. The van der Waals surface area contributed by atoms with E-state index < -0.39 is 23.3 Å². The van der Waals surface area contributed by atoms with Crippen LogP contribution < -0.4 is 0 Å². The van der Waals surface area contributed by atoms with Gasteiger partial charge >= 0.3 is 11.9 Å². The van der Waals surface area contributed by atoms with E-state index in [1.165, 1.54) is 19.1 Å². The first kappa shape index (κ1) is 11.6. The van der Waals surface area contributed by atoms with Gasteiger partial charge in [-0.05, 0) is 19.1 Å². The topological polar surface area (TPSA) is 26.3 Å². The zero-order valence-electron chi connectivity index (χ0n) is 7.97. The molecule has 0 spiro atoms. The summed E-state index contributed by atoms with van der Waals surface area (Å²) >= 11 is 0. The third kappa shape index (κ3) is 2.29. The highest BCUT2D eigenvalue weighted by Crippen LogP contribution is 2.31. The summed E-state index contributed by atoms with van der Waals surface area (Å²) in [6.45, 7) is 1.22. The Labute approximate surface area is 84.7 Å². The van der Waals surface area contributed by atoms with Crippen LogP contribution in [0.25, 0.3) is 0 Å². The van der Waals surface area contributed by atoms with Gasteiger partial charge in [0.25, 0.3) is 0 Å². The van der Waals surface area contributed by atoms with E-state index in [1.54, 1.807) is 0 Å². The van der Waals surface area contributed by atoms with Gasteiger partial charge in [0.15, 0.2) is 0 Å². The van der Waals surface area contributed by atoms with Crippen LogP contribution in [0.15, 0.2) is 24.3 Å². The van der Waals surface area contributed by atoms with Crippen molar-refractivity contribution < 1.29 is 22.7 Å². The Balaban J connectivity index is 3.05. The van der Waals surface area contributed by atoms with Crippen LogP contribution in [0, 0.1) is 5.82 Å². The van der Waals surface area contributed by atoms with Gasteiger partial charge in [-0.3, -0.25) is 0 Å². The first-order valence-corrected chi connectivity index (χ1v) is 4.30. The van der Waals surface area contributed by atoms with Crippen LogP contribution in [0.5, 0.6) is 0 Å². The van der Waals surface area contributed by atoms with Crippen molar-refractivity contribution in [3.05, 3.63) is 35.6 Å². The summed E-state index contributed by atoms with van der Waals surface area (Å²) in [5.74, 6) is -6.81. The molecule has 1 rings (SSSR count). The molecule has 0 atom stereocenters. The average molecular weight is 218 g/mol. The molecule has 0 radical (unpaired) electrons. The van der Waals surface area contributed by atoms with Crippen molar-refractivity contribution >= 4 is 5.97 Å². The molecule has 0 saturated heterocycles. The van der Waals surface area contributed by atoms with E-state index in [0.29, 0.717) is 0 Å². The molecule has 0 saturated carbocycles. The molecule has 5 heteroatoms. The number of rotatable bonds is 3. The third-order valence-electron chi connectivity index (χ3n) is 1.74. The van der Waals surface area contributed by atoms with Gasteiger partial charge in [-0.2, -0.15) is 8.78 Å². The van der Waals surface area contributed by atoms with Gasteiger partial charge in [-0.15, -0.1) is 0 Å². The minimum atomic E-state index is -3.94. The molecule has 15 heavy (non-hydrogen) atoms. The average Bonchev–Trinajstić information content (AvgIpc) is 2.18. The van der Waals surface area contributed by atoms with Crippen LogP contribution in [0.1, 0.15) is 12.5 Å². The molecule has 0 unspecified atom stereocenters. The largest absolute Gasteiger partial charge is 0.461 e. The maximum Gasteiger partial charge on any atom is 0.382 e. The van der Waals surface area contributed by atoms with E-state index in [1.807, 2.05) is 0 Å². The van der Waals surface area contributed by atoms with Gasteiger partial charge in [0.1, 0.15) is 5.82 Å². The summed E-state index contributed by atoms with van der Waals surface area (Å²) in [7, 11) is 0. The summed E-state index contributed by atoms with van der Waals surface area (Å²) in [5, 5.41) is 0. The number of carbonyl (C=O) groups is 1. The number of hydrogen-bond donors (Lipinski definition) is 0. The van der Waals surface area contributed by atoms with Crippen LogP contribution in [0.2, 0.25) is 0 Å². The summed E-state index contributed by atoms with van der Waals surface area (Å²) in [5.41, 5.74) is -0.969. The Hall–Kier alpha value is -1.52. The van der Waals surface area contributed by atoms with Crippen LogP contribution >= 0.6 is 0 Å². The Morgan fingerprint density at radius 1 is 1.40 bits per heavy atom. The molecular weight excluding hydrogens is 209 g/mol. The number of halogens is 3. The van der Waals surface area contributed by atoms with Gasteiger partial charge in [-0.1, -0.05) is 12.1 Å². The Bertz CT molecular complexity index is 363. The van der Waals surface area contributed by atoms with E-state index >= 15 is 0 Å².